The molecule has 0 unspecified atom stereocenters. The van der Waals surface area contributed by atoms with E-state index in [-0.39, 0.29) is 35.7 Å². The predicted octanol–water partition coefficient (Wildman–Crippen LogP) is 3.10. The Morgan fingerprint density at radius 2 is 1.97 bits per heavy atom. The van der Waals surface area contributed by atoms with Crippen LogP contribution in [0.25, 0.3) is 10.8 Å². The molecule has 1 fully saturated rings. The van der Waals surface area contributed by atoms with E-state index in [9.17, 15) is 17.6 Å². The van der Waals surface area contributed by atoms with E-state index in [0.29, 0.717) is 72.6 Å². The molecule has 10 nitrogen and oxygen atoms in total. The fourth-order valence-corrected chi connectivity index (χ4v) is 5.47. The molecule has 5 rings (SSSR count). The number of hydrogen-bond acceptors (Lipinski definition) is 9. The normalized spacial score (nSPS) is 16.2. The van der Waals surface area contributed by atoms with Crippen molar-refractivity contribution in [2.75, 3.05) is 56.3 Å². The molecule has 3 aromatic rings. The van der Waals surface area contributed by atoms with Gasteiger partial charge in [0.25, 0.3) is 5.91 Å². The molecule has 0 spiro atoms. The lowest BCUT2D eigenvalue weighted by molar-refractivity contribution is 0.0512. The van der Waals surface area contributed by atoms with Crippen LogP contribution in [0.3, 0.4) is 0 Å². The summed E-state index contributed by atoms with van der Waals surface area (Å²) >= 11 is 0. The number of rotatable bonds is 7. The van der Waals surface area contributed by atoms with Gasteiger partial charge in [-0.25, -0.2) is 22.8 Å². The van der Waals surface area contributed by atoms with Crippen LogP contribution in [0.5, 0.6) is 5.75 Å². The van der Waals surface area contributed by atoms with E-state index >= 15 is 0 Å². The number of anilines is 2. The molecule has 2 aliphatic rings. The van der Waals surface area contributed by atoms with Crippen molar-refractivity contribution in [3.63, 3.8) is 0 Å². The van der Waals surface area contributed by atoms with Gasteiger partial charge in [0.05, 0.1) is 24.5 Å². The molecule has 1 amide bonds. The average Bonchev–Trinajstić information content (AvgIpc) is 3.05. The van der Waals surface area contributed by atoms with Crippen LogP contribution in [0.1, 0.15) is 35.0 Å². The van der Waals surface area contributed by atoms with Gasteiger partial charge in [-0.15, -0.1) is 0 Å². The number of ether oxygens (including phenoxy) is 3. The van der Waals surface area contributed by atoms with Gasteiger partial charge in [-0.2, -0.15) is 0 Å². The number of benzene rings is 2. The van der Waals surface area contributed by atoms with Crippen LogP contribution in [0.2, 0.25) is 0 Å². The number of aromatic nitrogens is 2. The van der Waals surface area contributed by atoms with Crippen molar-refractivity contribution >= 4 is 38.0 Å². The molecular formula is C26H29FN4O6S. The number of sulfone groups is 1. The molecule has 1 saturated heterocycles. The van der Waals surface area contributed by atoms with Crippen LogP contribution in [0.15, 0.2) is 29.4 Å². The van der Waals surface area contributed by atoms with Crippen molar-refractivity contribution in [1.29, 1.82) is 0 Å². The Bertz CT molecular complexity index is 1510. The molecule has 2 aliphatic heterocycles. The zero-order valence-corrected chi connectivity index (χ0v) is 22.3. The summed E-state index contributed by atoms with van der Waals surface area (Å²) in [5, 5.41) is 0.941. The van der Waals surface area contributed by atoms with Crippen LogP contribution < -0.4 is 14.5 Å². The molecule has 0 bridgehead atoms. The zero-order valence-electron chi connectivity index (χ0n) is 21.5. The first-order valence-electron chi connectivity index (χ1n) is 12.3. The van der Waals surface area contributed by atoms with E-state index < -0.39 is 15.7 Å². The second-order valence-corrected chi connectivity index (χ2v) is 11.1. The lowest BCUT2D eigenvalue weighted by atomic mass is 9.99. The van der Waals surface area contributed by atoms with E-state index in [0.717, 1.165) is 6.26 Å². The summed E-state index contributed by atoms with van der Waals surface area (Å²) in [7, 11) is -2.26. The van der Waals surface area contributed by atoms with Gasteiger partial charge >= 0.3 is 0 Å². The maximum atomic E-state index is 14.9. The van der Waals surface area contributed by atoms with Crippen LogP contribution in [0.4, 0.5) is 15.9 Å². The van der Waals surface area contributed by atoms with Gasteiger partial charge in [0.15, 0.2) is 6.79 Å². The second-order valence-electron chi connectivity index (χ2n) is 9.24. The third-order valence-electron chi connectivity index (χ3n) is 6.67. The molecule has 0 saturated carbocycles. The standard InChI is InChI=1S/C26H29FN4O6S/c1-4-18-19(27)7-6-16-12-17(37-15-35-2)13-21(22(16)18)31-14-20-23(25(31)32)24(29-26(28-20)38(3,33)34)30-8-5-10-36-11-9-30/h6-7,12-13H,4-5,8-11,14-15H2,1-3H3. The fraction of sp³-hybridized carbons (Fsp3) is 0.423. The summed E-state index contributed by atoms with van der Waals surface area (Å²) in [6.07, 6.45) is 2.15. The Balaban J connectivity index is 1.70. The second kappa shape index (κ2) is 10.4. The number of nitrogens with zero attached hydrogens (tertiary/aromatic N) is 4. The molecule has 0 atom stereocenters. The van der Waals surface area contributed by atoms with Crippen molar-refractivity contribution in [2.24, 2.45) is 0 Å². The average molecular weight is 545 g/mol. The van der Waals surface area contributed by atoms with E-state index in [1.54, 1.807) is 18.2 Å². The van der Waals surface area contributed by atoms with Crippen molar-refractivity contribution < 1.29 is 31.8 Å². The molecule has 3 heterocycles. The van der Waals surface area contributed by atoms with Crippen molar-refractivity contribution in [1.82, 2.24) is 9.97 Å². The lowest BCUT2D eigenvalue weighted by Crippen LogP contribution is -2.31. The molecule has 1 aromatic heterocycles. The number of methoxy groups -OCH3 is 1. The highest BCUT2D eigenvalue weighted by Crippen LogP contribution is 2.41. The first-order chi connectivity index (χ1) is 18.2. The van der Waals surface area contributed by atoms with Gasteiger partial charge in [-0.05, 0) is 35.9 Å². The van der Waals surface area contributed by atoms with Crippen LogP contribution in [0, 0.1) is 5.82 Å². The molecule has 38 heavy (non-hydrogen) atoms. The maximum Gasteiger partial charge on any atom is 0.264 e. The van der Waals surface area contributed by atoms with Gasteiger partial charge in [-0.1, -0.05) is 13.0 Å². The Morgan fingerprint density at radius 3 is 2.71 bits per heavy atom. The summed E-state index contributed by atoms with van der Waals surface area (Å²) in [5.41, 5.74) is 1.45. The Morgan fingerprint density at radius 1 is 1.16 bits per heavy atom. The number of carbonyl (C=O) groups is 1. The lowest BCUT2D eigenvalue weighted by Gasteiger charge is -2.24. The Hall–Kier alpha value is -3.35. The number of carbonyl (C=O) groups excluding carboxylic acids is 1. The first-order valence-corrected chi connectivity index (χ1v) is 14.2. The number of hydrogen-bond donors (Lipinski definition) is 0. The molecule has 2 aromatic carbocycles. The number of amides is 1. The largest absolute Gasteiger partial charge is 0.467 e. The quantitative estimate of drug-likeness (QED) is 0.327. The summed E-state index contributed by atoms with van der Waals surface area (Å²) in [5.74, 6) is -0.0527. The van der Waals surface area contributed by atoms with Gasteiger partial charge in [0, 0.05) is 44.5 Å². The zero-order chi connectivity index (χ0) is 27.0. The predicted molar refractivity (Wildman–Crippen MR) is 139 cm³/mol. The SMILES string of the molecule is CCc1c(F)ccc2cc(OCOC)cc(N3Cc4nc(S(C)(=O)=O)nc(N5CCCOCC5)c4C3=O)c12. The Labute approximate surface area is 220 Å². The van der Waals surface area contributed by atoms with Crippen molar-refractivity contribution in [3.05, 3.63) is 46.9 Å². The summed E-state index contributed by atoms with van der Waals surface area (Å²) < 4.78 is 56.2. The van der Waals surface area contributed by atoms with Gasteiger partial charge in [-0.3, -0.25) is 4.79 Å². The minimum absolute atomic E-state index is 0.000947. The smallest absolute Gasteiger partial charge is 0.264 e. The first kappa shape index (κ1) is 26.3. The fourth-order valence-electron chi connectivity index (χ4n) is 4.94. The number of halogens is 1. The third-order valence-corrected chi connectivity index (χ3v) is 7.52. The van der Waals surface area contributed by atoms with Gasteiger partial charge in [0.1, 0.15) is 22.9 Å². The molecule has 0 radical (unpaired) electrons. The minimum Gasteiger partial charge on any atom is -0.467 e. The molecule has 202 valence electrons. The number of fused-ring (bicyclic) bond motifs is 2. The molecule has 12 heteroatoms. The van der Waals surface area contributed by atoms with E-state index in [4.69, 9.17) is 14.2 Å². The summed E-state index contributed by atoms with van der Waals surface area (Å²) in [4.78, 5) is 26.0. The van der Waals surface area contributed by atoms with Gasteiger partial charge < -0.3 is 24.0 Å². The highest BCUT2D eigenvalue weighted by Gasteiger charge is 2.38. The summed E-state index contributed by atoms with van der Waals surface area (Å²) in [6.45, 7) is 3.83. The van der Waals surface area contributed by atoms with Crippen LogP contribution in [-0.4, -0.2) is 70.8 Å². The van der Waals surface area contributed by atoms with E-state index in [1.165, 1.54) is 18.1 Å². The van der Waals surface area contributed by atoms with Crippen molar-refractivity contribution in [3.8, 4) is 5.75 Å². The summed E-state index contributed by atoms with van der Waals surface area (Å²) in [6, 6.07) is 6.49. The highest BCUT2D eigenvalue weighted by molar-refractivity contribution is 7.90. The van der Waals surface area contributed by atoms with Gasteiger partial charge in [0.2, 0.25) is 15.0 Å². The molecular weight excluding hydrogens is 515 g/mol. The van der Waals surface area contributed by atoms with Crippen molar-refractivity contribution in [2.45, 2.75) is 31.5 Å². The molecule has 0 aliphatic carbocycles. The Kier molecular flexibility index (Phi) is 7.21. The van der Waals surface area contributed by atoms with E-state index in [1.807, 2.05) is 11.8 Å². The third kappa shape index (κ3) is 4.79. The van der Waals surface area contributed by atoms with Crippen LogP contribution >= 0.6 is 0 Å². The minimum atomic E-state index is -3.76. The molecule has 0 N–H and O–H groups in total. The monoisotopic (exact) mass is 544 g/mol. The highest BCUT2D eigenvalue weighted by atomic mass is 32.2. The maximum absolute atomic E-state index is 14.9. The topological polar surface area (TPSA) is 111 Å². The van der Waals surface area contributed by atoms with Crippen LogP contribution in [-0.2, 0) is 32.3 Å². The number of aryl methyl sites for hydroxylation is 1. The van der Waals surface area contributed by atoms with E-state index in [2.05, 4.69) is 9.97 Å².